The first kappa shape index (κ1) is 29.7. The number of hydrogen-bond donors (Lipinski definition) is 3. The molecule has 4 rings (SSSR count). The summed E-state index contributed by atoms with van der Waals surface area (Å²) in [7, 11) is 0. The van der Waals surface area contributed by atoms with E-state index in [0.717, 1.165) is 16.7 Å². The van der Waals surface area contributed by atoms with Gasteiger partial charge in [-0.3, -0.25) is 14.4 Å². The van der Waals surface area contributed by atoms with Crippen molar-refractivity contribution >= 4 is 17.8 Å². The lowest BCUT2D eigenvalue weighted by atomic mass is 9.94. The first-order valence-corrected chi connectivity index (χ1v) is 14.2. The number of aliphatic hydroxyl groups is 1. The van der Waals surface area contributed by atoms with Gasteiger partial charge >= 0.3 is 5.97 Å². The van der Waals surface area contributed by atoms with E-state index in [-0.39, 0.29) is 43.3 Å². The molecule has 0 radical (unpaired) electrons. The predicted octanol–water partition coefficient (Wildman–Crippen LogP) is 4.32. The Morgan fingerprint density at radius 3 is 2.07 bits per heavy atom. The molecule has 7 heteroatoms. The lowest BCUT2D eigenvalue weighted by Crippen LogP contribution is -2.42. The predicted molar refractivity (Wildman–Crippen MR) is 158 cm³/mol. The van der Waals surface area contributed by atoms with Crippen molar-refractivity contribution < 1.29 is 24.2 Å². The van der Waals surface area contributed by atoms with Gasteiger partial charge in [-0.1, -0.05) is 103 Å². The second-order valence-corrected chi connectivity index (χ2v) is 10.4. The summed E-state index contributed by atoms with van der Waals surface area (Å²) >= 11 is 0. The highest BCUT2D eigenvalue weighted by atomic mass is 16.5. The number of carbonyl (C=O) groups is 3. The molecule has 0 unspecified atom stereocenters. The monoisotopic (exact) mass is 554 g/mol. The van der Waals surface area contributed by atoms with Crippen molar-refractivity contribution in [2.45, 2.75) is 44.2 Å². The first-order chi connectivity index (χ1) is 20.0. The van der Waals surface area contributed by atoms with Gasteiger partial charge in [0.25, 0.3) is 0 Å². The number of amides is 2. The number of hydrogen-bond acceptors (Lipinski definition) is 5. The zero-order valence-corrected chi connectivity index (χ0v) is 23.2. The van der Waals surface area contributed by atoms with Crippen molar-refractivity contribution in [2.75, 3.05) is 13.2 Å². The van der Waals surface area contributed by atoms with Gasteiger partial charge in [0.1, 0.15) is 6.10 Å². The second-order valence-electron chi connectivity index (χ2n) is 10.4. The molecule has 0 fully saturated rings. The maximum Gasteiger partial charge on any atom is 0.310 e. The van der Waals surface area contributed by atoms with Crippen LogP contribution in [0.3, 0.4) is 0 Å². The highest BCUT2D eigenvalue weighted by molar-refractivity contribution is 5.86. The molecule has 2 amide bonds. The summed E-state index contributed by atoms with van der Waals surface area (Å²) in [5.41, 5.74) is 2.83. The fourth-order valence-electron chi connectivity index (χ4n) is 5.01. The van der Waals surface area contributed by atoms with Crippen LogP contribution in [-0.2, 0) is 32.0 Å². The Morgan fingerprint density at radius 2 is 1.44 bits per heavy atom. The van der Waals surface area contributed by atoms with Crippen LogP contribution >= 0.6 is 0 Å². The molecule has 3 aromatic carbocycles. The largest absolute Gasteiger partial charge is 0.455 e. The van der Waals surface area contributed by atoms with Crippen LogP contribution in [0.4, 0.5) is 0 Å². The first-order valence-electron chi connectivity index (χ1n) is 14.2. The fourth-order valence-corrected chi connectivity index (χ4v) is 5.01. The van der Waals surface area contributed by atoms with E-state index < -0.39 is 18.1 Å². The Balaban J connectivity index is 1.48. The molecule has 7 nitrogen and oxygen atoms in total. The number of nitrogens with one attached hydrogen (secondary N) is 2. The van der Waals surface area contributed by atoms with Crippen molar-refractivity contribution in [3.63, 3.8) is 0 Å². The molecule has 214 valence electrons. The van der Waals surface area contributed by atoms with Gasteiger partial charge in [-0.25, -0.2) is 0 Å². The Kier molecular flexibility index (Phi) is 11.3. The number of cyclic esters (lactones) is 1. The molecule has 0 saturated carbocycles. The molecule has 1 aliphatic heterocycles. The van der Waals surface area contributed by atoms with Crippen LogP contribution in [0, 0.1) is 11.8 Å². The summed E-state index contributed by atoms with van der Waals surface area (Å²) in [5, 5.41) is 15.6. The minimum atomic E-state index is -0.659. The van der Waals surface area contributed by atoms with Gasteiger partial charge in [-0.2, -0.15) is 0 Å². The third-order valence-corrected chi connectivity index (χ3v) is 7.27. The molecule has 4 atom stereocenters. The van der Waals surface area contributed by atoms with Crippen molar-refractivity contribution in [3.8, 4) is 0 Å². The molecule has 41 heavy (non-hydrogen) atoms. The minimum absolute atomic E-state index is 0.0231. The lowest BCUT2D eigenvalue weighted by molar-refractivity contribution is -0.154. The highest BCUT2D eigenvalue weighted by Gasteiger charge is 2.28. The number of aliphatic hydroxyl groups excluding tert-OH is 1. The Labute approximate surface area is 241 Å². The highest BCUT2D eigenvalue weighted by Crippen LogP contribution is 2.24. The normalized spacial score (nSPS) is 20.6. The Morgan fingerprint density at radius 1 is 0.854 bits per heavy atom. The van der Waals surface area contributed by atoms with Gasteiger partial charge in [0.15, 0.2) is 0 Å². The molecular formula is C34H38N2O5. The van der Waals surface area contributed by atoms with Crippen molar-refractivity contribution in [3.05, 3.63) is 120 Å². The molecule has 3 aromatic rings. The van der Waals surface area contributed by atoms with Gasteiger partial charge in [0.05, 0.1) is 31.0 Å². The number of allylic oxidation sites excluding steroid dienone is 2. The maximum atomic E-state index is 13.3. The summed E-state index contributed by atoms with van der Waals surface area (Å²) in [6.07, 6.45) is 4.92. The van der Waals surface area contributed by atoms with Crippen LogP contribution in [-0.4, -0.2) is 42.1 Å². The van der Waals surface area contributed by atoms with Crippen LogP contribution in [0.2, 0.25) is 0 Å². The van der Waals surface area contributed by atoms with Gasteiger partial charge in [0, 0.05) is 6.42 Å². The van der Waals surface area contributed by atoms with Gasteiger partial charge in [0.2, 0.25) is 11.8 Å². The summed E-state index contributed by atoms with van der Waals surface area (Å²) in [5.74, 6) is -1.89. The van der Waals surface area contributed by atoms with Crippen LogP contribution < -0.4 is 10.6 Å². The molecule has 3 N–H and O–H groups in total. The van der Waals surface area contributed by atoms with E-state index in [0.29, 0.717) is 25.7 Å². The van der Waals surface area contributed by atoms with Crippen LogP contribution in [0.25, 0.3) is 0 Å². The summed E-state index contributed by atoms with van der Waals surface area (Å²) in [4.78, 5) is 39.6. The Bertz CT molecular complexity index is 1280. The van der Waals surface area contributed by atoms with E-state index in [9.17, 15) is 19.5 Å². The summed E-state index contributed by atoms with van der Waals surface area (Å²) < 4.78 is 5.99. The van der Waals surface area contributed by atoms with E-state index in [2.05, 4.69) is 10.6 Å². The number of carbonyl (C=O) groups excluding carboxylic acids is 3. The second kappa shape index (κ2) is 15.5. The molecule has 1 aliphatic rings. The Hall–Kier alpha value is -4.23. The molecular weight excluding hydrogens is 516 g/mol. The molecule has 1 heterocycles. The third kappa shape index (κ3) is 9.43. The zero-order chi connectivity index (χ0) is 28.9. The summed E-state index contributed by atoms with van der Waals surface area (Å²) in [6, 6.07) is 28.4. The van der Waals surface area contributed by atoms with E-state index in [4.69, 9.17) is 4.74 Å². The molecule has 0 saturated heterocycles. The quantitative estimate of drug-likeness (QED) is 0.270. The van der Waals surface area contributed by atoms with E-state index >= 15 is 0 Å². The average Bonchev–Trinajstić information content (AvgIpc) is 3.00. The minimum Gasteiger partial charge on any atom is -0.455 e. The third-order valence-electron chi connectivity index (χ3n) is 7.27. The average molecular weight is 555 g/mol. The number of ether oxygens (including phenoxy) is 1. The smallest absolute Gasteiger partial charge is 0.310 e. The van der Waals surface area contributed by atoms with Crippen LogP contribution in [0.5, 0.6) is 0 Å². The van der Waals surface area contributed by atoms with E-state index in [1.807, 2.05) is 103 Å². The van der Waals surface area contributed by atoms with Crippen molar-refractivity contribution in [1.82, 2.24) is 10.6 Å². The molecule has 0 spiro atoms. The molecule has 0 aromatic heterocycles. The number of rotatable bonds is 9. The number of benzene rings is 3. The van der Waals surface area contributed by atoms with Gasteiger partial charge < -0.3 is 20.5 Å². The topological polar surface area (TPSA) is 105 Å². The van der Waals surface area contributed by atoms with Crippen LogP contribution in [0.15, 0.2) is 103 Å². The SMILES string of the molecule is O=C(C[C@H]1CC=CC[C@@H](Cc2ccccc2)C(=O)O[C@H](c2ccccc2)CNC1=O)N[C@H](CO)Cc1ccccc1. The molecule has 0 aliphatic carbocycles. The van der Waals surface area contributed by atoms with Gasteiger partial charge in [-0.15, -0.1) is 0 Å². The molecule has 0 bridgehead atoms. The number of esters is 1. The van der Waals surface area contributed by atoms with Crippen molar-refractivity contribution in [2.24, 2.45) is 11.8 Å². The van der Waals surface area contributed by atoms with Crippen LogP contribution in [0.1, 0.15) is 42.1 Å². The zero-order valence-electron chi connectivity index (χ0n) is 23.2. The van der Waals surface area contributed by atoms with E-state index in [1.54, 1.807) is 0 Å². The van der Waals surface area contributed by atoms with Crippen molar-refractivity contribution in [1.29, 1.82) is 0 Å². The standard InChI is InChI=1S/C34H38N2O5/c37-24-30(21-26-14-6-2-7-15-26)36-32(38)22-28-18-10-11-19-29(20-25-12-4-1-5-13-25)34(40)41-31(23-35-33(28)39)27-16-8-3-9-17-27/h1-17,28-31,37H,18-24H2,(H,35,39)(H,36,38)/t28-,29+,30+,31+/m1/s1. The lowest BCUT2D eigenvalue weighted by Gasteiger charge is -2.24. The van der Waals surface area contributed by atoms with Gasteiger partial charge in [-0.05, 0) is 42.4 Å². The van der Waals surface area contributed by atoms with E-state index in [1.165, 1.54) is 0 Å². The summed E-state index contributed by atoms with van der Waals surface area (Å²) in [6.45, 7) is -0.105. The maximum absolute atomic E-state index is 13.3. The fraction of sp³-hybridized carbons (Fsp3) is 0.324.